The lowest BCUT2D eigenvalue weighted by Gasteiger charge is -2.20. The second-order valence-corrected chi connectivity index (χ2v) is 6.78. The van der Waals surface area contributed by atoms with E-state index < -0.39 is 0 Å². The lowest BCUT2D eigenvalue weighted by atomic mass is 10.0. The zero-order chi connectivity index (χ0) is 20.1. The smallest absolute Gasteiger partial charge is 0.319 e. The third kappa shape index (κ3) is 4.94. The van der Waals surface area contributed by atoms with E-state index in [9.17, 15) is 9.59 Å². The fourth-order valence-corrected chi connectivity index (χ4v) is 3.08. The molecule has 7 nitrogen and oxygen atoms in total. The fourth-order valence-electron chi connectivity index (χ4n) is 3.08. The molecule has 0 spiro atoms. The number of hydrogen-bond acceptors (Lipinski definition) is 4. The van der Waals surface area contributed by atoms with Gasteiger partial charge in [-0.1, -0.05) is 12.1 Å². The van der Waals surface area contributed by atoms with Crippen molar-refractivity contribution in [2.45, 2.75) is 25.8 Å². The van der Waals surface area contributed by atoms with Crippen molar-refractivity contribution in [3.63, 3.8) is 0 Å². The zero-order valence-electron chi connectivity index (χ0n) is 16.2. The van der Waals surface area contributed by atoms with E-state index in [1.807, 2.05) is 24.3 Å². The molecule has 0 saturated heterocycles. The maximum absolute atomic E-state index is 12.6. The third-order valence-electron chi connectivity index (χ3n) is 4.63. The van der Waals surface area contributed by atoms with Crippen molar-refractivity contribution >= 4 is 23.3 Å². The van der Waals surface area contributed by atoms with Crippen LogP contribution in [0, 0.1) is 5.92 Å². The number of carbonyl (C=O) groups excluding carboxylic acids is 2. The number of urea groups is 1. The Morgan fingerprint density at radius 1 is 1.00 bits per heavy atom. The van der Waals surface area contributed by atoms with Gasteiger partial charge < -0.3 is 25.4 Å². The van der Waals surface area contributed by atoms with Gasteiger partial charge in [0.15, 0.2) is 0 Å². The van der Waals surface area contributed by atoms with Gasteiger partial charge in [-0.15, -0.1) is 0 Å². The van der Waals surface area contributed by atoms with Gasteiger partial charge in [-0.3, -0.25) is 4.79 Å². The Labute approximate surface area is 164 Å². The molecule has 1 aliphatic rings. The van der Waals surface area contributed by atoms with Gasteiger partial charge in [0.2, 0.25) is 5.91 Å². The molecule has 148 valence electrons. The molecule has 3 amide bonds. The highest BCUT2D eigenvalue weighted by Crippen LogP contribution is 2.41. The Bertz CT molecular complexity index is 847. The Hall–Kier alpha value is -3.22. The van der Waals surface area contributed by atoms with Gasteiger partial charge in [0.1, 0.15) is 11.5 Å². The minimum absolute atomic E-state index is 0.0496. The van der Waals surface area contributed by atoms with E-state index in [-0.39, 0.29) is 18.0 Å². The van der Waals surface area contributed by atoms with Gasteiger partial charge in [0.05, 0.1) is 25.9 Å². The van der Waals surface area contributed by atoms with Crippen LogP contribution in [0.4, 0.5) is 16.2 Å². The van der Waals surface area contributed by atoms with Crippen LogP contribution in [-0.2, 0) is 4.79 Å². The molecule has 0 aromatic heterocycles. The number of benzene rings is 2. The third-order valence-corrected chi connectivity index (χ3v) is 4.63. The predicted molar refractivity (Wildman–Crippen MR) is 108 cm³/mol. The first-order valence-electron chi connectivity index (χ1n) is 9.17. The van der Waals surface area contributed by atoms with Crippen LogP contribution in [0.15, 0.2) is 42.5 Å². The first-order chi connectivity index (χ1) is 13.5. The van der Waals surface area contributed by atoms with Crippen LogP contribution >= 0.6 is 0 Å². The van der Waals surface area contributed by atoms with Crippen LogP contribution in [0.3, 0.4) is 0 Å². The van der Waals surface area contributed by atoms with Crippen LogP contribution in [0.1, 0.15) is 31.4 Å². The summed E-state index contributed by atoms with van der Waals surface area (Å²) in [6, 6.07) is 12.5. The minimum Gasteiger partial charge on any atom is -0.497 e. The van der Waals surface area contributed by atoms with E-state index in [0.717, 1.165) is 24.2 Å². The topological polar surface area (TPSA) is 88.7 Å². The Morgan fingerprint density at radius 2 is 1.71 bits per heavy atom. The van der Waals surface area contributed by atoms with Crippen LogP contribution in [0.25, 0.3) is 0 Å². The summed E-state index contributed by atoms with van der Waals surface area (Å²) in [5.41, 5.74) is 2.18. The number of ether oxygens (including phenoxy) is 2. The first kappa shape index (κ1) is 19.5. The summed E-state index contributed by atoms with van der Waals surface area (Å²) >= 11 is 0. The SMILES string of the molecule is COc1ccc(C(NC(=O)Nc2ccc(NC(C)=O)c(OC)c2)C2CC2)cc1. The summed E-state index contributed by atoms with van der Waals surface area (Å²) in [4.78, 5) is 23.8. The van der Waals surface area contributed by atoms with E-state index in [1.54, 1.807) is 25.3 Å². The van der Waals surface area contributed by atoms with Gasteiger partial charge in [-0.25, -0.2) is 4.79 Å². The molecule has 0 radical (unpaired) electrons. The maximum Gasteiger partial charge on any atom is 0.319 e. The number of anilines is 2. The van der Waals surface area contributed by atoms with Crippen molar-refractivity contribution in [3.05, 3.63) is 48.0 Å². The number of nitrogens with one attached hydrogen (secondary N) is 3. The quantitative estimate of drug-likeness (QED) is 0.676. The van der Waals surface area contributed by atoms with Gasteiger partial charge in [0, 0.05) is 18.7 Å². The summed E-state index contributed by atoms with van der Waals surface area (Å²) in [6.45, 7) is 1.43. The van der Waals surface area contributed by atoms with Crippen LogP contribution in [0.2, 0.25) is 0 Å². The summed E-state index contributed by atoms with van der Waals surface area (Å²) in [5.74, 6) is 1.51. The van der Waals surface area contributed by atoms with Crippen LogP contribution in [0.5, 0.6) is 11.5 Å². The first-order valence-corrected chi connectivity index (χ1v) is 9.17. The summed E-state index contributed by atoms with van der Waals surface area (Å²) in [7, 11) is 3.14. The molecule has 1 fully saturated rings. The number of rotatable bonds is 7. The molecule has 1 atom stereocenters. The van der Waals surface area contributed by atoms with Crippen LogP contribution in [-0.4, -0.2) is 26.2 Å². The van der Waals surface area contributed by atoms with E-state index >= 15 is 0 Å². The highest BCUT2D eigenvalue weighted by atomic mass is 16.5. The molecule has 0 aliphatic heterocycles. The maximum atomic E-state index is 12.6. The molecule has 1 saturated carbocycles. The van der Waals surface area contributed by atoms with Crippen molar-refractivity contribution in [1.29, 1.82) is 0 Å². The second kappa shape index (κ2) is 8.65. The van der Waals surface area contributed by atoms with Crippen molar-refractivity contribution in [1.82, 2.24) is 5.32 Å². The van der Waals surface area contributed by atoms with E-state index in [1.165, 1.54) is 14.0 Å². The van der Waals surface area contributed by atoms with Crippen molar-refractivity contribution < 1.29 is 19.1 Å². The Kier molecular flexibility index (Phi) is 6.03. The summed E-state index contributed by atoms with van der Waals surface area (Å²) in [5, 5.41) is 8.59. The molecule has 0 heterocycles. The zero-order valence-corrected chi connectivity index (χ0v) is 16.2. The predicted octanol–water partition coefficient (Wildman–Crippen LogP) is 3.94. The molecule has 3 rings (SSSR count). The summed E-state index contributed by atoms with van der Waals surface area (Å²) < 4.78 is 10.5. The van der Waals surface area contributed by atoms with E-state index in [4.69, 9.17) is 9.47 Å². The van der Waals surface area contributed by atoms with E-state index in [0.29, 0.717) is 23.0 Å². The molecule has 3 N–H and O–H groups in total. The molecular weight excluding hydrogens is 358 g/mol. The van der Waals surface area contributed by atoms with Gasteiger partial charge >= 0.3 is 6.03 Å². The standard InChI is InChI=1S/C21H25N3O4/c1-13(25)22-18-11-8-16(12-19(18)28-3)23-21(26)24-20(14-4-5-14)15-6-9-17(27-2)10-7-15/h6-12,14,20H,4-5H2,1-3H3,(H,22,25)(H2,23,24,26). The van der Waals surface area contributed by atoms with Crippen molar-refractivity contribution in [2.24, 2.45) is 5.92 Å². The second-order valence-electron chi connectivity index (χ2n) is 6.78. The molecule has 2 aromatic carbocycles. The molecule has 1 aliphatic carbocycles. The largest absolute Gasteiger partial charge is 0.497 e. The average Bonchev–Trinajstić information content (AvgIpc) is 3.52. The molecule has 0 bridgehead atoms. The highest BCUT2D eigenvalue weighted by Gasteiger charge is 2.33. The number of amides is 3. The Morgan fingerprint density at radius 3 is 2.29 bits per heavy atom. The van der Waals surface area contributed by atoms with Gasteiger partial charge in [-0.2, -0.15) is 0 Å². The minimum atomic E-state index is -0.290. The molecular formula is C21H25N3O4. The molecule has 7 heteroatoms. The summed E-state index contributed by atoms with van der Waals surface area (Å²) in [6.07, 6.45) is 2.19. The number of carbonyl (C=O) groups is 2. The average molecular weight is 383 g/mol. The molecule has 28 heavy (non-hydrogen) atoms. The van der Waals surface area contributed by atoms with Crippen molar-refractivity contribution in [2.75, 3.05) is 24.9 Å². The lowest BCUT2D eigenvalue weighted by molar-refractivity contribution is -0.114. The number of hydrogen-bond donors (Lipinski definition) is 3. The van der Waals surface area contributed by atoms with Gasteiger partial charge in [-0.05, 0) is 48.6 Å². The highest BCUT2D eigenvalue weighted by molar-refractivity contribution is 5.93. The number of methoxy groups -OCH3 is 2. The van der Waals surface area contributed by atoms with Crippen LogP contribution < -0.4 is 25.4 Å². The Balaban J connectivity index is 1.68. The van der Waals surface area contributed by atoms with Crippen molar-refractivity contribution in [3.8, 4) is 11.5 Å². The fraction of sp³-hybridized carbons (Fsp3) is 0.333. The molecule has 1 unspecified atom stereocenters. The normalized spacial score (nSPS) is 14.0. The molecule has 2 aromatic rings. The van der Waals surface area contributed by atoms with E-state index in [2.05, 4.69) is 16.0 Å². The lowest BCUT2D eigenvalue weighted by Crippen LogP contribution is -2.33. The monoisotopic (exact) mass is 383 g/mol. The van der Waals surface area contributed by atoms with Gasteiger partial charge in [0.25, 0.3) is 0 Å².